The number of benzene rings is 1. The van der Waals surface area contributed by atoms with Gasteiger partial charge in [0.25, 0.3) is 23.0 Å². The van der Waals surface area contributed by atoms with Crippen LogP contribution in [0.25, 0.3) is 22.3 Å². The molecule has 0 aliphatic carbocycles. The molecule has 9 rings (SSSR count). The Balaban J connectivity index is 0.835. The molecule has 12 atom stereocenters. The summed E-state index contributed by atoms with van der Waals surface area (Å²) in [7, 11) is -10.6. The first-order valence-corrected chi connectivity index (χ1v) is 29.2. The van der Waals surface area contributed by atoms with E-state index in [-0.39, 0.29) is 83.5 Å². The number of aromatic amines is 3. The number of nitrogens with zero attached hydrogens (tertiary/aromatic N) is 6. The summed E-state index contributed by atoms with van der Waals surface area (Å²) in [5.41, 5.74) is 11.1. The van der Waals surface area contributed by atoms with Crippen LogP contribution in [0, 0.1) is 11.8 Å². The summed E-state index contributed by atoms with van der Waals surface area (Å²) < 4.78 is 69.3. The normalized spacial score (nSPS) is 27.2. The number of aliphatic hydroxyl groups is 1. The van der Waals surface area contributed by atoms with Gasteiger partial charge >= 0.3 is 27.4 Å². The Hall–Kier alpha value is -7.35. The van der Waals surface area contributed by atoms with Crippen LogP contribution in [0.5, 0.6) is 0 Å². The SMILES string of the molecule is C=C1C=CC(=O)N1CCCCCC(=O)C[C@H](C(=O)N[C@@H](C)C(=O)Cc1ccc(COC(=O)N[C@H]2C3OP(=O)(O)OC[C@H]4O[C@@H](n5cnc6c(=O)[nH]c(N)nc65)C(O)[C@H]4OP(=O)(O)OC[C@H]3O[C@H]2[n+]2c[nH]c3c(=O)[nH]c(N)nc32)cc1)C(C)C. The summed E-state index contributed by atoms with van der Waals surface area (Å²) >= 11 is 0. The van der Waals surface area contributed by atoms with Crippen molar-refractivity contribution in [2.45, 2.75) is 121 Å². The van der Waals surface area contributed by atoms with Crippen LogP contribution in [0.15, 0.2) is 70.9 Å². The molecule has 3 saturated heterocycles. The summed E-state index contributed by atoms with van der Waals surface area (Å²) in [5, 5.41) is 16.7. The molecular formula is C49H62N13O19P2+. The number of nitrogens with two attached hydrogens (primary N) is 2. The summed E-state index contributed by atoms with van der Waals surface area (Å²) in [4.78, 5) is 134. The Morgan fingerprint density at radius 2 is 1.57 bits per heavy atom. The van der Waals surface area contributed by atoms with E-state index < -0.39 is 113 Å². The fourth-order valence-electron chi connectivity index (χ4n) is 9.95. The second kappa shape index (κ2) is 24.9. The van der Waals surface area contributed by atoms with Crippen LogP contribution in [0.3, 0.4) is 0 Å². The van der Waals surface area contributed by atoms with Crippen molar-refractivity contribution in [1.29, 1.82) is 0 Å². The lowest BCUT2D eigenvalue weighted by Gasteiger charge is -2.28. The summed E-state index contributed by atoms with van der Waals surface area (Å²) in [6.45, 7) is 7.25. The summed E-state index contributed by atoms with van der Waals surface area (Å²) in [6.07, 6.45) is -5.49. The van der Waals surface area contributed by atoms with Crippen molar-refractivity contribution in [2.75, 3.05) is 31.2 Å². The van der Waals surface area contributed by atoms with E-state index in [2.05, 4.69) is 47.1 Å². The molecule has 32 nitrogen and oxygen atoms in total. The predicted octanol–water partition coefficient (Wildman–Crippen LogP) is 0.625. The van der Waals surface area contributed by atoms with E-state index in [9.17, 15) is 57.6 Å². The van der Waals surface area contributed by atoms with Crippen LogP contribution in [0.2, 0.25) is 0 Å². The minimum Gasteiger partial charge on any atom is -0.445 e. The number of fused-ring (bicyclic) bond motifs is 4. The molecule has 5 aromatic rings. The van der Waals surface area contributed by atoms with Crippen molar-refractivity contribution < 1.29 is 84.9 Å². The summed E-state index contributed by atoms with van der Waals surface area (Å²) in [6, 6.07) is 3.88. The maximum absolute atomic E-state index is 13.9. The number of hydrogen-bond acceptors (Lipinski definition) is 22. The second-order valence-corrected chi connectivity index (χ2v) is 23.4. The van der Waals surface area contributed by atoms with Gasteiger partial charge in [0.1, 0.15) is 49.0 Å². The van der Waals surface area contributed by atoms with Gasteiger partial charge in [0.05, 0.1) is 25.6 Å². The standard InChI is InChI=1S/C49H61N13O19P2/c1-23(2)29(17-28(63)8-6-5-7-15-60-24(3)9-14-33(60)65)42(67)54-25(4)30(64)16-26-10-12-27(13-11-26)18-75-49(70)55-34-38-31(78-45(34)61-21-52-35-40(61)56-47(50)58-43(35)68)19-76-83(73,74)81-39-32(20-77-82(71,72)80-38)79-46(37(39)66)62-22-53-36-41(62)57-48(51)59-44(36)69/h9-14,21-23,25,29,31-32,34,37-39,45-46,66H,3,5-8,15-20H2,1-2,4H3,(H10,50,51,54,55,56,57,58,59,67,68,69,70,71,72,73,74)/p+1/t25-,29-,31+,32+,34-,37?,38?,39-,45+,46+/m0/s1. The number of phosphoric acid groups is 2. The Morgan fingerprint density at radius 1 is 0.904 bits per heavy atom. The van der Waals surface area contributed by atoms with Gasteiger partial charge in [-0.25, -0.2) is 23.5 Å². The molecule has 0 bridgehead atoms. The van der Waals surface area contributed by atoms with E-state index in [1.807, 2.05) is 13.8 Å². The van der Waals surface area contributed by atoms with Crippen molar-refractivity contribution in [3.05, 3.63) is 93.2 Å². The average Bonchev–Trinajstić information content (AvgIpc) is 3.52. The number of aromatic nitrogens is 8. The molecule has 12 N–H and O–H groups in total. The minimum atomic E-state index is -5.35. The number of rotatable bonds is 19. The highest BCUT2D eigenvalue weighted by molar-refractivity contribution is 7.47. The van der Waals surface area contributed by atoms with Gasteiger partial charge in [-0.1, -0.05) is 56.1 Å². The monoisotopic (exact) mass is 1200 g/mol. The van der Waals surface area contributed by atoms with E-state index >= 15 is 0 Å². The molecule has 3 fully saturated rings. The number of unbranched alkanes of at least 4 members (excludes halogenated alkanes) is 2. The third-order valence-corrected chi connectivity index (χ3v) is 16.3. The van der Waals surface area contributed by atoms with Crippen molar-refractivity contribution >= 4 is 79.3 Å². The van der Waals surface area contributed by atoms with Crippen LogP contribution < -0.4 is 37.8 Å². The second-order valence-electron chi connectivity index (χ2n) is 20.5. The summed E-state index contributed by atoms with van der Waals surface area (Å²) in [5.74, 6) is -2.43. The van der Waals surface area contributed by atoms with Crippen molar-refractivity contribution in [3.63, 3.8) is 0 Å². The predicted molar refractivity (Wildman–Crippen MR) is 285 cm³/mol. The highest BCUT2D eigenvalue weighted by atomic mass is 31.2. The number of nitrogens with one attached hydrogen (secondary N) is 5. The molecule has 0 radical (unpaired) electrons. The number of allylic oxidation sites excluding steroid dienone is 1. The number of ether oxygens (including phenoxy) is 3. The van der Waals surface area contributed by atoms with Gasteiger partial charge in [0.2, 0.25) is 23.6 Å². The smallest absolute Gasteiger partial charge is 0.445 e. The van der Waals surface area contributed by atoms with Crippen LogP contribution in [-0.2, 0) is 73.6 Å². The number of carbonyl (C=O) groups is 5. The number of phosphoric ester groups is 2. The van der Waals surface area contributed by atoms with E-state index in [0.29, 0.717) is 42.6 Å². The Morgan fingerprint density at radius 3 is 2.25 bits per heavy atom. The molecule has 4 aliphatic heterocycles. The lowest BCUT2D eigenvalue weighted by molar-refractivity contribution is -0.740. The number of nitrogen functional groups attached to an aromatic ring is 2. The maximum Gasteiger partial charge on any atom is 0.472 e. The van der Waals surface area contributed by atoms with E-state index in [1.54, 1.807) is 42.2 Å². The van der Waals surface area contributed by atoms with Gasteiger partial charge < -0.3 is 56.1 Å². The lowest BCUT2D eigenvalue weighted by Crippen LogP contribution is -2.54. The Bertz CT molecular complexity index is 3550. The quantitative estimate of drug-likeness (QED) is 0.0308. The van der Waals surface area contributed by atoms with Crippen LogP contribution >= 0.6 is 15.6 Å². The van der Waals surface area contributed by atoms with E-state index in [1.165, 1.54) is 17.0 Å². The molecule has 83 heavy (non-hydrogen) atoms. The lowest BCUT2D eigenvalue weighted by atomic mass is 9.88. The maximum atomic E-state index is 13.9. The number of alkyl carbamates (subject to hydrolysis) is 1. The molecular weight excluding hydrogens is 1140 g/mol. The molecule has 8 heterocycles. The highest BCUT2D eigenvalue weighted by Gasteiger charge is 2.56. The number of carbonyl (C=O) groups excluding carboxylic acids is 5. The number of ketones is 2. The number of aliphatic hydroxyl groups excluding tert-OH is 1. The third-order valence-electron chi connectivity index (χ3n) is 14.3. The third kappa shape index (κ3) is 13.9. The topological polar surface area (TPSA) is 453 Å². The van der Waals surface area contributed by atoms with Gasteiger partial charge in [0.15, 0.2) is 29.5 Å². The highest BCUT2D eigenvalue weighted by Crippen LogP contribution is 2.53. The van der Waals surface area contributed by atoms with E-state index in [4.69, 9.17) is 43.8 Å². The Labute approximate surface area is 470 Å². The number of imidazole rings is 2. The van der Waals surface area contributed by atoms with Gasteiger partial charge in [-0.2, -0.15) is 4.98 Å². The number of H-pyrrole nitrogens is 3. The van der Waals surface area contributed by atoms with Gasteiger partial charge in [0, 0.05) is 43.5 Å². The van der Waals surface area contributed by atoms with Crippen LogP contribution in [0.4, 0.5) is 16.7 Å². The number of anilines is 2. The first-order valence-electron chi connectivity index (χ1n) is 26.2. The molecule has 34 heteroatoms. The fourth-order valence-corrected chi connectivity index (χ4v) is 11.9. The fraction of sp³-hybridized carbons (Fsp3) is 0.490. The molecule has 4 aliphatic rings. The zero-order valence-corrected chi connectivity index (χ0v) is 46.6. The van der Waals surface area contributed by atoms with Gasteiger partial charge in [-0.05, 0) is 42.9 Å². The van der Waals surface area contributed by atoms with Crippen molar-refractivity contribution in [2.24, 2.45) is 11.8 Å². The first-order chi connectivity index (χ1) is 39.3. The number of Topliss-reactive ketones (excluding diaryl/α,β-unsaturated/α-hetero) is 2. The number of hydrogen-bond donors (Lipinski definition) is 10. The van der Waals surface area contributed by atoms with Crippen LogP contribution in [0.1, 0.15) is 76.5 Å². The Kier molecular flexibility index (Phi) is 18.0. The molecule has 1 aromatic carbocycles. The number of amides is 3. The molecule has 3 amide bonds. The zero-order valence-electron chi connectivity index (χ0n) is 44.9. The van der Waals surface area contributed by atoms with Gasteiger partial charge in [-0.3, -0.25) is 66.4 Å². The van der Waals surface area contributed by atoms with Crippen molar-refractivity contribution in [3.8, 4) is 0 Å². The minimum absolute atomic E-state index is 0.0135. The largest absolute Gasteiger partial charge is 0.472 e. The zero-order chi connectivity index (χ0) is 59.7. The molecule has 446 valence electrons. The molecule has 4 unspecified atom stereocenters. The van der Waals surface area contributed by atoms with Crippen molar-refractivity contribution in [1.82, 2.24) is 50.0 Å². The van der Waals surface area contributed by atoms with E-state index in [0.717, 1.165) is 10.9 Å². The molecule has 0 spiro atoms. The van der Waals surface area contributed by atoms with Crippen LogP contribution in [-0.4, -0.2) is 146 Å². The molecule has 0 saturated carbocycles. The first kappa shape index (κ1) is 60.2. The van der Waals surface area contributed by atoms with Gasteiger partial charge in [-0.15, -0.1) is 0 Å². The average molecular weight is 1200 g/mol. The molecule has 4 aromatic heterocycles.